The highest BCUT2D eigenvalue weighted by atomic mass is 16.5. The maximum atomic E-state index is 5.99. The number of rotatable bonds is 11. The summed E-state index contributed by atoms with van der Waals surface area (Å²) in [6.45, 7) is 19.7. The van der Waals surface area contributed by atoms with Crippen molar-refractivity contribution in [1.82, 2.24) is 19.7 Å². The molecule has 29 heavy (non-hydrogen) atoms. The van der Waals surface area contributed by atoms with Crippen molar-refractivity contribution in [3.8, 4) is 0 Å². The minimum atomic E-state index is -0.692. The van der Waals surface area contributed by atoms with Gasteiger partial charge in [0.1, 0.15) is 0 Å². The van der Waals surface area contributed by atoms with Gasteiger partial charge < -0.3 is 19.4 Å². The van der Waals surface area contributed by atoms with Crippen LogP contribution < -0.4 is 0 Å². The Bertz CT molecular complexity index is 604. The quantitative estimate of drug-likeness (QED) is 0.225. The molecule has 0 saturated carbocycles. The molecule has 166 valence electrons. The van der Waals surface area contributed by atoms with E-state index in [-0.39, 0.29) is 0 Å². The number of nitrogens with zero attached hydrogens (tertiary/aromatic N) is 5. The molecule has 0 aromatic carbocycles. The smallest absolute Gasteiger partial charge is 0.176 e. The minimum absolute atomic E-state index is 0.632. The van der Waals surface area contributed by atoms with Gasteiger partial charge in [0, 0.05) is 51.6 Å². The summed E-state index contributed by atoms with van der Waals surface area (Å²) < 4.78 is 5.99. The third-order valence-electron chi connectivity index (χ3n) is 6.20. The van der Waals surface area contributed by atoms with Crippen LogP contribution in [-0.4, -0.2) is 85.6 Å². The number of likely N-dealkylation sites (tertiary alicyclic amines) is 1. The molecule has 1 heterocycles. The molecule has 0 bridgehead atoms. The average Bonchev–Trinajstić information content (AvgIpc) is 2.74. The molecule has 1 atom stereocenters. The van der Waals surface area contributed by atoms with Crippen LogP contribution >= 0.6 is 0 Å². The van der Waals surface area contributed by atoms with Crippen molar-refractivity contribution in [2.75, 3.05) is 47.9 Å². The zero-order chi connectivity index (χ0) is 22.2. The van der Waals surface area contributed by atoms with Gasteiger partial charge in [0.05, 0.1) is 11.4 Å². The molecule has 0 radical (unpaired) electrons. The van der Waals surface area contributed by atoms with E-state index in [1.165, 1.54) is 0 Å². The number of hydrogen-bond donors (Lipinski definition) is 0. The number of ether oxygens (including phenoxy) is 1. The van der Waals surface area contributed by atoms with Crippen LogP contribution in [0.4, 0.5) is 0 Å². The Morgan fingerprint density at radius 3 is 2.24 bits per heavy atom. The lowest BCUT2D eigenvalue weighted by molar-refractivity contribution is -0.0818. The Hall–Kier alpha value is -1.79. The van der Waals surface area contributed by atoms with Crippen molar-refractivity contribution in [3.05, 3.63) is 36.3 Å². The van der Waals surface area contributed by atoms with Gasteiger partial charge in [-0.2, -0.15) is 5.10 Å². The van der Waals surface area contributed by atoms with E-state index in [9.17, 15) is 0 Å². The second-order valence-electron chi connectivity index (χ2n) is 7.99. The number of piperidine rings is 1. The fourth-order valence-corrected chi connectivity index (χ4v) is 3.84. The molecular formula is C23H43N5O. The Morgan fingerprint density at radius 1 is 1.24 bits per heavy atom. The van der Waals surface area contributed by atoms with Gasteiger partial charge in [-0.3, -0.25) is 5.01 Å². The summed E-state index contributed by atoms with van der Waals surface area (Å²) in [5, 5.41) is 6.44. The largest absolute Gasteiger partial charge is 0.370 e. The van der Waals surface area contributed by atoms with Crippen molar-refractivity contribution < 1.29 is 4.74 Å². The molecule has 1 rings (SSSR count). The number of hydrazone groups is 1. The van der Waals surface area contributed by atoms with E-state index in [1.54, 1.807) is 7.11 Å². The Kier molecular flexibility index (Phi) is 9.93. The monoisotopic (exact) mass is 405 g/mol. The van der Waals surface area contributed by atoms with Gasteiger partial charge in [0.15, 0.2) is 5.72 Å². The first-order valence-corrected chi connectivity index (χ1v) is 10.7. The summed E-state index contributed by atoms with van der Waals surface area (Å²) in [5.41, 5.74) is 2.46. The molecule has 0 aliphatic carbocycles. The van der Waals surface area contributed by atoms with E-state index in [1.807, 2.05) is 24.5 Å². The normalized spacial score (nSPS) is 18.6. The van der Waals surface area contributed by atoms with Gasteiger partial charge in [-0.15, -0.1) is 0 Å². The van der Waals surface area contributed by atoms with Crippen LogP contribution in [-0.2, 0) is 4.74 Å². The third-order valence-corrected chi connectivity index (χ3v) is 6.20. The second-order valence-corrected chi connectivity index (χ2v) is 7.99. The van der Waals surface area contributed by atoms with E-state index in [4.69, 9.17) is 4.74 Å². The van der Waals surface area contributed by atoms with Crippen LogP contribution in [0.25, 0.3) is 0 Å². The minimum Gasteiger partial charge on any atom is -0.370 e. The second kappa shape index (κ2) is 11.4. The predicted octanol–water partition coefficient (Wildman–Crippen LogP) is 3.96. The Morgan fingerprint density at radius 2 is 1.83 bits per heavy atom. The zero-order valence-corrected chi connectivity index (χ0v) is 20.0. The average molecular weight is 406 g/mol. The Balaban J connectivity index is 3.33. The topological polar surface area (TPSA) is 34.6 Å². The maximum Gasteiger partial charge on any atom is 0.176 e. The van der Waals surface area contributed by atoms with Crippen molar-refractivity contribution in [1.29, 1.82) is 0 Å². The van der Waals surface area contributed by atoms with Crippen molar-refractivity contribution in [2.45, 2.75) is 58.7 Å². The SMILES string of the molecule is C=CN(CC)/C(C(=C)N1CCC(N(C)C)CC1)=C(/C)C(C)(OC)N(C)/N=C\CC. The molecule has 0 N–H and O–H groups in total. The van der Waals surface area contributed by atoms with Crippen LogP contribution in [0.5, 0.6) is 0 Å². The lowest BCUT2D eigenvalue weighted by Crippen LogP contribution is -2.47. The summed E-state index contributed by atoms with van der Waals surface area (Å²) in [4.78, 5) is 6.88. The third kappa shape index (κ3) is 5.86. The lowest BCUT2D eigenvalue weighted by atomic mass is 9.98. The number of hydrogen-bond acceptors (Lipinski definition) is 6. The van der Waals surface area contributed by atoms with Gasteiger partial charge in [-0.25, -0.2) is 0 Å². The van der Waals surface area contributed by atoms with Crippen LogP contribution in [0.3, 0.4) is 0 Å². The van der Waals surface area contributed by atoms with Gasteiger partial charge in [0.25, 0.3) is 0 Å². The van der Waals surface area contributed by atoms with E-state index in [2.05, 4.69) is 74.7 Å². The predicted molar refractivity (Wildman–Crippen MR) is 125 cm³/mol. The molecule has 0 spiro atoms. The zero-order valence-electron chi connectivity index (χ0n) is 20.0. The van der Waals surface area contributed by atoms with Gasteiger partial charge in [-0.1, -0.05) is 20.1 Å². The summed E-state index contributed by atoms with van der Waals surface area (Å²) in [6.07, 6.45) is 6.93. The lowest BCUT2D eigenvalue weighted by Gasteiger charge is -2.43. The molecule has 1 aliphatic heterocycles. The molecule has 6 nitrogen and oxygen atoms in total. The maximum absolute atomic E-state index is 5.99. The highest BCUT2D eigenvalue weighted by Crippen LogP contribution is 2.33. The molecule has 1 unspecified atom stereocenters. The van der Waals surface area contributed by atoms with E-state index < -0.39 is 5.72 Å². The highest BCUT2D eigenvalue weighted by molar-refractivity contribution is 5.56. The van der Waals surface area contributed by atoms with Gasteiger partial charge in [-0.05, 0) is 60.3 Å². The molecule has 1 saturated heterocycles. The first-order chi connectivity index (χ1) is 13.7. The summed E-state index contributed by atoms with van der Waals surface area (Å²) in [7, 11) is 8.01. The first-order valence-electron chi connectivity index (χ1n) is 10.7. The molecule has 0 aromatic heterocycles. The molecular weight excluding hydrogens is 362 g/mol. The fourth-order valence-electron chi connectivity index (χ4n) is 3.84. The fraction of sp³-hybridized carbons (Fsp3) is 0.696. The molecule has 0 aromatic rings. The van der Waals surface area contributed by atoms with E-state index in [0.717, 1.165) is 55.9 Å². The highest BCUT2D eigenvalue weighted by Gasteiger charge is 2.36. The van der Waals surface area contributed by atoms with Crippen LogP contribution in [0.1, 0.15) is 47.0 Å². The van der Waals surface area contributed by atoms with Crippen LogP contribution in [0.2, 0.25) is 0 Å². The first kappa shape index (κ1) is 25.2. The van der Waals surface area contributed by atoms with E-state index in [0.29, 0.717) is 6.04 Å². The van der Waals surface area contributed by atoms with Gasteiger partial charge >= 0.3 is 0 Å². The number of likely N-dealkylation sites (N-methyl/N-ethyl adjacent to an activating group) is 2. The standard InChI is InChI=1S/C23H43N5O/c1-11-16-24-26(9)23(6,29-10)19(4)22(27(12-2)13-3)20(5)28-17-14-21(15-18-28)25(7)8/h12,16,21H,2,5,11,13-15,17-18H2,1,3-4,6-10H3/b22-19-,24-16-. The molecule has 1 fully saturated rings. The van der Waals surface area contributed by atoms with Crippen molar-refractivity contribution >= 4 is 6.21 Å². The van der Waals surface area contributed by atoms with Crippen molar-refractivity contribution in [3.63, 3.8) is 0 Å². The van der Waals surface area contributed by atoms with Gasteiger partial charge in [0.2, 0.25) is 0 Å². The van der Waals surface area contributed by atoms with Crippen LogP contribution in [0, 0.1) is 0 Å². The van der Waals surface area contributed by atoms with Crippen LogP contribution in [0.15, 0.2) is 41.4 Å². The summed E-state index contributed by atoms with van der Waals surface area (Å²) in [6, 6.07) is 0.632. The number of methoxy groups -OCH3 is 1. The summed E-state index contributed by atoms with van der Waals surface area (Å²) >= 11 is 0. The summed E-state index contributed by atoms with van der Waals surface area (Å²) in [5.74, 6) is 0. The molecule has 0 amide bonds. The molecule has 6 heteroatoms. The Labute approximate surface area is 179 Å². The molecule has 1 aliphatic rings. The van der Waals surface area contributed by atoms with Crippen molar-refractivity contribution in [2.24, 2.45) is 5.10 Å². The van der Waals surface area contributed by atoms with E-state index >= 15 is 0 Å².